The molecule has 0 atom stereocenters. The molecule has 1 heterocycles. The van der Waals surface area contributed by atoms with E-state index in [1.807, 2.05) is 0 Å². The van der Waals surface area contributed by atoms with E-state index in [4.69, 9.17) is 35.4 Å². The van der Waals surface area contributed by atoms with Crippen molar-refractivity contribution in [2.75, 3.05) is 6.54 Å². The number of hydrazine groups is 1. The third-order valence-electron chi connectivity index (χ3n) is 2.87. The molecule has 0 saturated heterocycles. The van der Waals surface area contributed by atoms with Gasteiger partial charge in [0, 0.05) is 5.02 Å². The molecule has 3 amide bonds. The lowest BCUT2D eigenvalue weighted by Crippen LogP contribution is -2.50. The number of carbonyl (C=O) groups is 3. The summed E-state index contributed by atoms with van der Waals surface area (Å²) in [5.41, 5.74) is 4.78. The van der Waals surface area contributed by atoms with Gasteiger partial charge < -0.3 is 5.32 Å². The van der Waals surface area contributed by atoms with Gasteiger partial charge in [-0.15, -0.1) is 11.3 Å². The predicted molar refractivity (Wildman–Crippen MR) is 104 cm³/mol. The lowest BCUT2D eigenvalue weighted by Gasteiger charge is -2.11. The number of thiocarbonyl (C=S) groups is 1. The summed E-state index contributed by atoms with van der Waals surface area (Å²) in [6, 6.07) is 7.75. The first kappa shape index (κ1) is 20.1. The van der Waals surface area contributed by atoms with Crippen LogP contribution in [-0.4, -0.2) is 29.4 Å². The zero-order valence-corrected chi connectivity index (χ0v) is 16.1. The van der Waals surface area contributed by atoms with E-state index in [1.165, 1.54) is 29.5 Å². The second-order valence-electron chi connectivity index (χ2n) is 4.74. The molecule has 11 heteroatoms. The van der Waals surface area contributed by atoms with E-state index in [-0.39, 0.29) is 28.2 Å². The minimum Gasteiger partial charge on any atom is -0.342 e. The zero-order valence-electron chi connectivity index (χ0n) is 13.0. The maximum Gasteiger partial charge on any atom is 0.261 e. The number of carbonyl (C=O) groups excluding carboxylic acids is 3. The minimum atomic E-state index is -0.565. The second kappa shape index (κ2) is 9.48. The molecule has 1 aromatic carbocycles. The highest BCUT2D eigenvalue weighted by Crippen LogP contribution is 2.20. The van der Waals surface area contributed by atoms with Gasteiger partial charge in [0.05, 0.1) is 22.0 Å². The standard InChI is InChI=1S/C15H12Cl2N4O3S2/c16-8-3-4-9(10(17)6-8)13(23)19-15(25)21-20-12(22)7-18-14(24)11-2-1-5-26-11/h1-6H,7H2,(H,18,24)(H,20,22)(H2,19,21,23,25). The molecule has 0 radical (unpaired) electrons. The molecular weight excluding hydrogens is 419 g/mol. The summed E-state index contributed by atoms with van der Waals surface area (Å²) in [4.78, 5) is 35.9. The minimum absolute atomic E-state index is 0.140. The quantitative estimate of drug-likeness (QED) is 0.439. The van der Waals surface area contributed by atoms with Crippen LogP contribution in [0.25, 0.3) is 0 Å². The van der Waals surface area contributed by atoms with Crippen molar-refractivity contribution < 1.29 is 14.4 Å². The molecule has 2 aromatic rings. The van der Waals surface area contributed by atoms with Crippen LogP contribution in [0.2, 0.25) is 10.0 Å². The number of halogens is 2. The molecule has 2 rings (SSSR count). The van der Waals surface area contributed by atoms with Crippen LogP contribution in [0.3, 0.4) is 0 Å². The van der Waals surface area contributed by atoms with Gasteiger partial charge in [0.2, 0.25) is 0 Å². The number of nitrogens with one attached hydrogen (secondary N) is 4. The molecule has 0 bridgehead atoms. The van der Waals surface area contributed by atoms with Gasteiger partial charge in [0.15, 0.2) is 5.11 Å². The molecule has 0 aliphatic heterocycles. The van der Waals surface area contributed by atoms with Crippen molar-refractivity contribution in [1.29, 1.82) is 0 Å². The monoisotopic (exact) mass is 430 g/mol. The Balaban J connectivity index is 1.74. The average molecular weight is 431 g/mol. The van der Waals surface area contributed by atoms with Gasteiger partial charge in [0.1, 0.15) is 0 Å². The number of hydrogen-bond acceptors (Lipinski definition) is 5. The zero-order chi connectivity index (χ0) is 19.1. The van der Waals surface area contributed by atoms with Crippen LogP contribution in [0.15, 0.2) is 35.7 Å². The van der Waals surface area contributed by atoms with Crippen molar-refractivity contribution in [3.8, 4) is 0 Å². The maximum atomic E-state index is 12.0. The van der Waals surface area contributed by atoms with E-state index in [0.717, 1.165) is 0 Å². The summed E-state index contributed by atoms with van der Waals surface area (Å²) in [6.45, 7) is -0.261. The Morgan fingerprint density at radius 1 is 1.08 bits per heavy atom. The smallest absolute Gasteiger partial charge is 0.261 e. The van der Waals surface area contributed by atoms with Gasteiger partial charge in [-0.3, -0.25) is 30.6 Å². The lowest BCUT2D eigenvalue weighted by atomic mass is 10.2. The molecule has 0 spiro atoms. The van der Waals surface area contributed by atoms with Crippen LogP contribution < -0.4 is 21.5 Å². The van der Waals surface area contributed by atoms with Gasteiger partial charge in [-0.2, -0.15) is 0 Å². The molecule has 26 heavy (non-hydrogen) atoms. The number of amides is 3. The molecule has 136 valence electrons. The topological polar surface area (TPSA) is 99.3 Å². The van der Waals surface area contributed by atoms with E-state index >= 15 is 0 Å². The van der Waals surface area contributed by atoms with E-state index < -0.39 is 11.8 Å². The van der Waals surface area contributed by atoms with Crippen LogP contribution in [0.5, 0.6) is 0 Å². The van der Waals surface area contributed by atoms with Crippen LogP contribution in [-0.2, 0) is 4.79 Å². The summed E-state index contributed by atoms with van der Waals surface area (Å²) in [6.07, 6.45) is 0. The Bertz CT molecular complexity index is 843. The highest BCUT2D eigenvalue weighted by atomic mass is 35.5. The lowest BCUT2D eigenvalue weighted by molar-refractivity contribution is -0.120. The second-order valence-corrected chi connectivity index (χ2v) is 6.94. The first-order valence-electron chi connectivity index (χ1n) is 7.03. The average Bonchev–Trinajstić information content (AvgIpc) is 3.12. The molecule has 4 N–H and O–H groups in total. The summed E-state index contributed by atoms with van der Waals surface area (Å²) in [7, 11) is 0. The predicted octanol–water partition coefficient (Wildman–Crippen LogP) is 2.12. The molecule has 0 fully saturated rings. The van der Waals surface area contributed by atoms with Gasteiger partial charge in [-0.1, -0.05) is 29.3 Å². The van der Waals surface area contributed by atoms with Crippen molar-refractivity contribution in [3.05, 3.63) is 56.2 Å². The highest BCUT2D eigenvalue weighted by Gasteiger charge is 2.13. The van der Waals surface area contributed by atoms with Crippen LogP contribution in [0, 0.1) is 0 Å². The SMILES string of the molecule is O=C(CNC(=O)c1cccs1)NNC(=S)NC(=O)c1ccc(Cl)cc1Cl. The normalized spacial score (nSPS) is 9.92. The van der Waals surface area contributed by atoms with E-state index in [1.54, 1.807) is 17.5 Å². The Hall–Kier alpha value is -2.20. The fourth-order valence-electron chi connectivity index (χ4n) is 1.70. The first-order valence-corrected chi connectivity index (χ1v) is 9.08. The molecular formula is C15H12Cl2N4O3S2. The summed E-state index contributed by atoms with van der Waals surface area (Å²) < 4.78 is 0. The Labute approximate surface area is 168 Å². The third-order valence-corrected chi connectivity index (χ3v) is 4.49. The number of thiophene rings is 1. The van der Waals surface area contributed by atoms with Crippen molar-refractivity contribution in [2.24, 2.45) is 0 Å². The first-order chi connectivity index (χ1) is 12.4. The fraction of sp³-hybridized carbons (Fsp3) is 0.0667. The number of benzene rings is 1. The number of rotatable bonds is 4. The molecule has 0 unspecified atom stereocenters. The largest absolute Gasteiger partial charge is 0.342 e. The van der Waals surface area contributed by atoms with Gasteiger partial charge >= 0.3 is 0 Å². The molecule has 1 aromatic heterocycles. The molecule has 7 nitrogen and oxygen atoms in total. The van der Waals surface area contributed by atoms with Crippen molar-refractivity contribution in [3.63, 3.8) is 0 Å². The van der Waals surface area contributed by atoms with Gasteiger partial charge in [0.25, 0.3) is 17.7 Å². The molecule has 0 aliphatic rings. The van der Waals surface area contributed by atoms with Crippen LogP contribution in [0.1, 0.15) is 20.0 Å². The highest BCUT2D eigenvalue weighted by molar-refractivity contribution is 7.80. The summed E-state index contributed by atoms with van der Waals surface area (Å²) in [5.74, 6) is -1.47. The van der Waals surface area contributed by atoms with Crippen molar-refractivity contribution in [2.45, 2.75) is 0 Å². The number of hydrogen-bond donors (Lipinski definition) is 4. The van der Waals surface area contributed by atoms with Crippen molar-refractivity contribution in [1.82, 2.24) is 21.5 Å². The van der Waals surface area contributed by atoms with Gasteiger partial charge in [-0.05, 0) is 41.9 Å². The van der Waals surface area contributed by atoms with Crippen molar-refractivity contribution >= 4 is 69.6 Å². The summed E-state index contributed by atoms with van der Waals surface area (Å²) in [5, 5.41) is 6.97. The Kier molecular flexibility index (Phi) is 7.34. The van der Waals surface area contributed by atoms with Crippen LogP contribution in [0.4, 0.5) is 0 Å². The third kappa shape index (κ3) is 5.95. The Morgan fingerprint density at radius 3 is 2.50 bits per heavy atom. The van der Waals surface area contributed by atoms with E-state index in [2.05, 4.69) is 21.5 Å². The molecule has 0 aliphatic carbocycles. The maximum absolute atomic E-state index is 12.0. The molecule has 0 saturated carbocycles. The van der Waals surface area contributed by atoms with E-state index in [9.17, 15) is 14.4 Å². The van der Waals surface area contributed by atoms with Gasteiger partial charge in [-0.25, -0.2) is 0 Å². The fourth-order valence-corrected chi connectivity index (χ4v) is 2.98. The Morgan fingerprint density at radius 2 is 1.85 bits per heavy atom. The van der Waals surface area contributed by atoms with Crippen LogP contribution >= 0.6 is 46.8 Å². The van der Waals surface area contributed by atoms with E-state index in [0.29, 0.717) is 9.90 Å². The summed E-state index contributed by atoms with van der Waals surface area (Å²) >= 11 is 17.9.